The fraction of sp³-hybridized carbons (Fsp3) is 0.143. The van der Waals surface area contributed by atoms with E-state index in [0.29, 0.717) is 0 Å². The first-order valence-corrected chi connectivity index (χ1v) is 10.8. The molecule has 0 saturated carbocycles. The Morgan fingerprint density at radius 2 is 1.52 bits per heavy atom. The van der Waals surface area contributed by atoms with Gasteiger partial charge in [0.1, 0.15) is 0 Å². The lowest BCUT2D eigenvalue weighted by molar-refractivity contribution is 0.875. The van der Waals surface area contributed by atoms with E-state index >= 15 is 0 Å². The summed E-state index contributed by atoms with van der Waals surface area (Å²) in [6, 6.07) is 27.9. The zero-order chi connectivity index (χ0) is 20.9. The number of para-hydroxylation sites is 1. The van der Waals surface area contributed by atoms with Crippen molar-refractivity contribution in [2.45, 2.75) is 26.7 Å². The maximum Gasteiger partial charge on any atom is 0.164 e. The summed E-state index contributed by atoms with van der Waals surface area (Å²) >= 11 is 0. The Bertz CT molecular complexity index is 1430. The van der Waals surface area contributed by atoms with Gasteiger partial charge in [0.25, 0.3) is 0 Å². The SMILES string of the molecule is Cc1ccc(-c2c3c(nc4c2c(C)nn4-c2ccccc2)-c2ccccc2CC3)cc1. The summed E-state index contributed by atoms with van der Waals surface area (Å²) in [6.45, 7) is 4.24. The van der Waals surface area contributed by atoms with Gasteiger partial charge in [0.2, 0.25) is 0 Å². The van der Waals surface area contributed by atoms with Crippen molar-refractivity contribution in [1.29, 1.82) is 0 Å². The number of pyridine rings is 1. The van der Waals surface area contributed by atoms with Gasteiger partial charge < -0.3 is 0 Å². The maximum absolute atomic E-state index is 5.26. The summed E-state index contributed by atoms with van der Waals surface area (Å²) in [7, 11) is 0. The molecule has 1 aliphatic rings. The molecule has 0 fully saturated rings. The van der Waals surface area contributed by atoms with Gasteiger partial charge >= 0.3 is 0 Å². The molecule has 0 saturated heterocycles. The molecule has 0 N–H and O–H groups in total. The Morgan fingerprint density at radius 3 is 2.32 bits per heavy atom. The molecule has 0 spiro atoms. The van der Waals surface area contributed by atoms with Crippen molar-refractivity contribution >= 4 is 11.0 Å². The van der Waals surface area contributed by atoms with Crippen LogP contribution in [0.15, 0.2) is 78.9 Å². The van der Waals surface area contributed by atoms with Crippen molar-refractivity contribution in [2.24, 2.45) is 0 Å². The van der Waals surface area contributed by atoms with Crippen molar-refractivity contribution in [2.75, 3.05) is 0 Å². The highest BCUT2D eigenvalue weighted by Crippen LogP contribution is 2.42. The molecule has 3 aromatic carbocycles. The van der Waals surface area contributed by atoms with Crippen molar-refractivity contribution in [3.63, 3.8) is 0 Å². The van der Waals surface area contributed by atoms with Gasteiger partial charge in [-0.25, -0.2) is 9.67 Å². The van der Waals surface area contributed by atoms with Crippen LogP contribution in [0.1, 0.15) is 22.4 Å². The van der Waals surface area contributed by atoms with Gasteiger partial charge in [-0.05, 0) is 61.1 Å². The van der Waals surface area contributed by atoms with Crippen LogP contribution >= 0.6 is 0 Å². The van der Waals surface area contributed by atoms with Crippen LogP contribution in [0.4, 0.5) is 0 Å². The van der Waals surface area contributed by atoms with E-state index < -0.39 is 0 Å². The molecule has 0 atom stereocenters. The van der Waals surface area contributed by atoms with Crippen molar-refractivity contribution in [3.8, 4) is 28.1 Å². The summed E-state index contributed by atoms with van der Waals surface area (Å²) in [4.78, 5) is 5.26. The average molecular weight is 402 g/mol. The third-order valence-electron chi connectivity index (χ3n) is 6.35. The minimum absolute atomic E-state index is 0.926. The number of fused-ring (bicyclic) bond motifs is 4. The highest BCUT2D eigenvalue weighted by atomic mass is 15.3. The Kier molecular flexibility index (Phi) is 4.03. The lowest BCUT2D eigenvalue weighted by Crippen LogP contribution is -2.09. The Morgan fingerprint density at radius 1 is 0.774 bits per heavy atom. The van der Waals surface area contributed by atoms with Crippen LogP contribution in [0.25, 0.3) is 39.1 Å². The van der Waals surface area contributed by atoms with Crippen LogP contribution in [0.2, 0.25) is 0 Å². The smallest absolute Gasteiger partial charge is 0.164 e. The second-order valence-electron chi connectivity index (χ2n) is 8.37. The molecule has 0 aliphatic heterocycles. The molecule has 2 heterocycles. The van der Waals surface area contributed by atoms with E-state index in [1.807, 2.05) is 22.9 Å². The van der Waals surface area contributed by atoms with Gasteiger partial charge in [0.15, 0.2) is 5.65 Å². The first-order chi connectivity index (χ1) is 15.2. The van der Waals surface area contributed by atoms with Crippen LogP contribution in [-0.4, -0.2) is 14.8 Å². The second kappa shape index (κ2) is 6.92. The first-order valence-electron chi connectivity index (χ1n) is 10.8. The highest BCUT2D eigenvalue weighted by Gasteiger charge is 2.26. The largest absolute Gasteiger partial charge is 0.228 e. The van der Waals surface area contributed by atoms with Crippen LogP contribution in [0.5, 0.6) is 0 Å². The Hall–Kier alpha value is -3.72. The van der Waals surface area contributed by atoms with Crippen molar-refractivity contribution in [1.82, 2.24) is 14.8 Å². The van der Waals surface area contributed by atoms with E-state index in [2.05, 4.69) is 74.5 Å². The lowest BCUT2D eigenvalue weighted by atomic mass is 9.83. The standard InChI is InChI=1S/C28H23N3/c1-18-12-14-21(15-13-18)26-24-17-16-20-8-6-7-11-23(20)27(24)29-28-25(26)19(2)30-31(28)22-9-4-3-5-10-22/h3-15H,16-17H2,1-2H3. The number of nitrogens with zero attached hydrogens (tertiary/aromatic N) is 3. The van der Waals surface area contributed by atoms with Gasteiger partial charge in [0, 0.05) is 5.56 Å². The van der Waals surface area contributed by atoms with E-state index in [0.717, 1.165) is 41.0 Å². The minimum atomic E-state index is 0.926. The van der Waals surface area contributed by atoms with Crippen LogP contribution < -0.4 is 0 Å². The highest BCUT2D eigenvalue weighted by molar-refractivity contribution is 6.00. The molecule has 0 unspecified atom stereocenters. The molecular formula is C28H23N3. The molecule has 1 aliphatic carbocycles. The summed E-state index contributed by atoms with van der Waals surface area (Å²) < 4.78 is 2.00. The van der Waals surface area contributed by atoms with E-state index in [1.54, 1.807) is 0 Å². The zero-order valence-corrected chi connectivity index (χ0v) is 17.8. The third kappa shape index (κ3) is 2.81. The number of aryl methyl sites for hydroxylation is 3. The maximum atomic E-state index is 5.26. The molecule has 31 heavy (non-hydrogen) atoms. The van der Waals surface area contributed by atoms with Crippen LogP contribution in [-0.2, 0) is 12.8 Å². The number of hydrogen-bond donors (Lipinski definition) is 0. The molecule has 3 heteroatoms. The second-order valence-corrected chi connectivity index (χ2v) is 8.37. The molecule has 0 bridgehead atoms. The van der Waals surface area contributed by atoms with E-state index in [4.69, 9.17) is 10.1 Å². The summed E-state index contributed by atoms with van der Waals surface area (Å²) in [5.74, 6) is 0. The Labute approximate surface area is 182 Å². The number of rotatable bonds is 2. The molecule has 2 aromatic heterocycles. The summed E-state index contributed by atoms with van der Waals surface area (Å²) in [5.41, 5.74) is 11.8. The van der Waals surface area contributed by atoms with Crippen LogP contribution in [0, 0.1) is 13.8 Å². The van der Waals surface area contributed by atoms with Crippen molar-refractivity contribution in [3.05, 3.63) is 101 Å². The van der Waals surface area contributed by atoms with Gasteiger partial charge in [-0.3, -0.25) is 0 Å². The quantitative estimate of drug-likeness (QED) is 0.339. The lowest BCUT2D eigenvalue weighted by Gasteiger charge is -2.23. The Balaban J connectivity index is 1.75. The molecule has 6 rings (SSSR count). The predicted molar refractivity (Wildman–Crippen MR) is 127 cm³/mol. The molecule has 5 aromatic rings. The number of aromatic nitrogens is 3. The van der Waals surface area contributed by atoms with E-state index in [1.165, 1.54) is 33.4 Å². The fourth-order valence-corrected chi connectivity index (χ4v) is 4.84. The topological polar surface area (TPSA) is 30.7 Å². The monoisotopic (exact) mass is 401 g/mol. The normalized spacial score (nSPS) is 12.6. The van der Waals surface area contributed by atoms with Gasteiger partial charge in [-0.1, -0.05) is 72.3 Å². The molecular weight excluding hydrogens is 378 g/mol. The molecule has 0 amide bonds. The first kappa shape index (κ1) is 18.1. The average Bonchev–Trinajstić information content (AvgIpc) is 3.15. The number of hydrogen-bond acceptors (Lipinski definition) is 2. The summed E-state index contributed by atoms with van der Waals surface area (Å²) in [5, 5.41) is 6.10. The molecule has 150 valence electrons. The van der Waals surface area contributed by atoms with Gasteiger partial charge in [-0.15, -0.1) is 0 Å². The van der Waals surface area contributed by atoms with E-state index in [9.17, 15) is 0 Å². The number of benzene rings is 3. The fourth-order valence-electron chi connectivity index (χ4n) is 4.84. The molecule has 0 radical (unpaired) electrons. The van der Waals surface area contributed by atoms with Gasteiger partial charge in [0.05, 0.1) is 22.5 Å². The van der Waals surface area contributed by atoms with Crippen molar-refractivity contribution < 1.29 is 0 Å². The van der Waals surface area contributed by atoms with E-state index in [-0.39, 0.29) is 0 Å². The predicted octanol–water partition coefficient (Wildman–Crippen LogP) is 6.47. The van der Waals surface area contributed by atoms with Crippen LogP contribution in [0.3, 0.4) is 0 Å². The minimum Gasteiger partial charge on any atom is -0.228 e. The third-order valence-corrected chi connectivity index (χ3v) is 6.35. The molecule has 3 nitrogen and oxygen atoms in total. The zero-order valence-electron chi connectivity index (χ0n) is 17.8. The van der Waals surface area contributed by atoms with Gasteiger partial charge in [-0.2, -0.15) is 5.10 Å². The summed E-state index contributed by atoms with van der Waals surface area (Å²) in [6.07, 6.45) is 2.04.